The Morgan fingerprint density at radius 1 is 0.885 bits per heavy atom. The predicted octanol–water partition coefficient (Wildman–Crippen LogP) is 6.93. The Kier molecular flexibility index (Phi) is 19.3. The molecule has 0 aliphatic carbocycles. The van der Waals surface area contributed by atoms with E-state index < -0.39 is 0 Å². The van der Waals surface area contributed by atoms with E-state index >= 15 is 0 Å². The molecule has 0 aromatic heterocycles. The van der Waals surface area contributed by atoms with E-state index in [-0.39, 0.29) is 12.1 Å². The number of cyclic esters (lactones) is 1. The number of carbonyl (C=O) groups is 2. The molecule has 0 spiro atoms. The van der Waals surface area contributed by atoms with Gasteiger partial charge in [0.2, 0.25) is 0 Å². The van der Waals surface area contributed by atoms with Crippen molar-refractivity contribution < 1.29 is 14.3 Å². The van der Waals surface area contributed by atoms with Gasteiger partial charge in [0.05, 0.1) is 0 Å². The minimum Gasteiger partial charge on any atom is -0.462 e. The normalized spacial score (nSPS) is 16.4. The van der Waals surface area contributed by atoms with Gasteiger partial charge in [-0.15, -0.1) is 0 Å². The van der Waals surface area contributed by atoms with Crippen LogP contribution in [-0.2, 0) is 14.3 Å². The highest BCUT2D eigenvalue weighted by molar-refractivity contribution is 5.71. The lowest BCUT2D eigenvalue weighted by Gasteiger charge is -2.07. The van der Waals surface area contributed by atoms with E-state index in [1.54, 1.807) is 0 Å². The van der Waals surface area contributed by atoms with Gasteiger partial charge in [-0.25, -0.2) is 0 Å². The largest absolute Gasteiger partial charge is 0.462 e. The van der Waals surface area contributed by atoms with Crippen molar-refractivity contribution in [1.82, 2.24) is 0 Å². The summed E-state index contributed by atoms with van der Waals surface area (Å²) in [6.45, 7) is 4.46. The Balaban J connectivity index is 0.000000481. The Bertz CT molecular complexity index is 349. The van der Waals surface area contributed by atoms with Crippen molar-refractivity contribution in [3.05, 3.63) is 12.2 Å². The fourth-order valence-corrected chi connectivity index (χ4v) is 3.07. The van der Waals surface area contributed by atoms with Crippen LogP contribution in [-0.4, -0.2) is 18.4 Å². The second-order valence-electron chi connectivity index (χ2n) is 7.28. The quantitative estimate of drug-likeness (QED) is 0.136. The maximum atomic E-state index is 10.8. The molecule has 3 heteroatoms. The summed E-state index contributed by atoms with van der Waals surface area (Å²) < 4.78 is 5.13. The molecule has 0 amide bonds. The number of hydrogen-bond donors (Lipinski definition) is 0. The Hall–Kier alpha value is -1.12. The van der Waals surface area contributed by atoms with Crippen molar-refractivity contribution in [2.45, 2.75) is 123 Å². The monoisotopic (exact) mass is 366 g/mol. The van der Waals surface area contributed by atoms with Crippen LogP contribution in [0.2, 0.25) is 0 Å². The summed E-state index contributed by atoms with van der Waals surface area (Å²) in [5.41, 5.74) is 0. The first-order valence-electron chi connectivity index (χ1n) is 11.0. The van der Waals surface area contributed by atoms with Crippen LogP contribution >= 0.6 is 0 Å². The van der Waals surface area contributed by atoms with Crippen molar-refractivity contribution in [2.24, 2.45) is 0 Å². The molecular weight excluding hydrogens is 324 g/mol. The third kappa shape index (κ3) is 17.7. The summed E-state index contributed by atoms with van der Waals surface area (Å²) in [6.07, 6.45) is 24.2. The molecule has 0 radical (unpaired) electrons. The smallest absolute Gasteiger partial charge is 0.306 e. The lowest BCUT2D eigenvalue weighted by Crippen LogP contribution is -2.06. The molecule has 0 saturated carbocycles. The molecule has 1 aliphatic rings. The third-order valence-electron chi connectivity index (χ3n) is 4.72. The molecule has 1 heterocycles. The summed E-state index contributed by atoms with van der Waals surface area (Å²) >= 11 is 0. The van der Waals surface area contributed by atoms with Gasteiger partial charge < -0.3 is 9.53 Å². The number of hydrogen-bond acceptors (Lipinski definition) is 3. The first-order valence-corrected chi connectivity index (χ1v) is 11.0. The molecule has 0 unspecified atom stereocenters. The van der Waals surface area contributed by atoms with E-state index in [0.29, 0.717) is 12.8 Å². The molecule has 3 nitrogen and oxygen atoms in total. The third-order valence-corrected chi connectivity index (χ3v) is 4.72. The fraction of sp³-hybridized carbons (Fsp3) is 0.826. The van der Waals surface area contributed by atoms with Gasteiger partial charge in [-0.2, -0.15) is 0 Å². The number of rotatable bonds is 15. The van der Waals surface area contributed by atoms with E-state index in [1.165, 1.54) is 70.6 Å². The highest BCUT2D eigenvalue weighted by atomic mass is 16.5. The number of ether oxygens (including phenoxy) is 1. The van der Waals surface area contributed by atoms with Gasteiger partial charge in [-0.1, -0.05) is 83.8 Å². The van der Waals surface area contributed by atoms with Crippen LogP contribution in [0.15, 0.2) is 12.2 Å². The molecule has 152 valence electrons. The van der Waals surface area contributed by atoms with Crippen molar-refractivity contribution in [2.75, 3.05) is 0 Å². The Morgan fingerprint density at radius 3 is 2.08 bits per heavy atom. The zero-order chi connectivity index (χ0) is 19.3. The van der Waals surface area contributed by atoms with Crippen LogP contribution in [0.3, 0.4) is 0 Å². The van der Waals surface area contributed by atoms with Crippen molar-refractivity contribution in [3.8, 4) is 0 Å². The topological polar surface area (TPSA) is 43.4 Å². The van der Waals surface area contributed by atoms with Crippen LogP contribution in [0.5, 0.6) is 0 Å². The molecular formula is C23H42O3. The zero-order valence-corrected chi connectivity index (χ0v) is 17.3. The molecule has 26 heavy (non-hydrogen) atoms. The number of aldehydes is 1. The van der Waals surface area contributed by atoms with E-state index in [4.69, 9.17) is 4.74 Å². The van der Waals surface area contributed by atoms with E-state index in [2.05, 4.69) is 19.9 Å². The number of esters is 1. The average Bonchev–Trinajstić information content (AvgIpc) is 3.06. The average molecular weight is 367 g/mol. The highest BCUT2D eigenvalue weighted by Crippen LogP contribution is 2.19. The van der Waals surface area contributed by atoms with Gasteiger partial charge in [-0.3, -0.25) is 4.79 Å². The zero-order valence-electron chi connectivity index (χ0n) is 17.3. The fourth-order valence-electron chi connectivity index (χ4n) is 3.07. The molecule has 0 bridgehead atoms. The molecule has 0 N–H and O–H groups in total. The summed E-state index contributed by atoms with van der Waals surface area (Å²) in [5.74, 6) is -0.00134. The lowest BCUT2D eigenvalue weighted by atomic mass is 10.1. The molecule has 0 aromatic carbocycles. The highest BCUT2D eigenvalue weighted by Gasteiger charge is 2.22. The molecule has 1 fully saturated rings. The molecule has 1 aliphatic heterocycles. The summed E-state index contributed by atoms with van der Waals surface area (Å²) in [5, 5.41) is 0. The SMILES string of the molecule is CCCCCCCC/C=C\CC=O.CCCCCCC[C@H]1CCC(=O)O1. The maximum Gasteiger partial charge on any atom is 0.306 e. The number of carbonyl (C=O) groups excluding carboxylic acids is 2. The molecule has 1 rings (SSSR count). The molecule has 1 atom stereocenters. The first-order chi connectivity index (χ1) is 12.7. The summed E-state index contributed by atoms with van der Waals surface area (Å²) in [4.78, 5) is 20.7. The van der Waals surface area contributed by atoms with Gasteiger partial charge in [0.15, 0.2) is 0 Å². The van der Waals surface area contributed by atoms with Gasteiger partial charge >= 0.3 is 5.97 Å². The van der Waals surface area contributed by atoms with Crippen molar-refractivity contribution in [3.63, 3.8) is 0 Å². The minimum absolute atomic E-state index is 0.00134. The minimum atomic E-state index is -0.00134. The van der Waals surface area contributed by atoms with E-state index in [9.17, 15) is 9.59 Å². The number of unbranched alkanes of at least 4 members (excludes halogenated alkanes) is 10. The van der Waals surface area contributed by atoms with Crippen molar-refractivity contribution >= 4 is 12.3 Å². The second-order valence-corrected chi connectivity index (χ2v) is 7.28. The second kappa shape index (κ2) is 20.2. The standard InChI is InChI=1S/C12H22O.C11H20O2/c1-2-3-4-5-6-7-8-9-10-11-12-13;1-2-3-4-5-6-7-10-8-9-11(12)13-10/h9-10,12H,2-8,11H2,1H3;10H,2-9H2,1H3/b10-9-;/t;10-/m.0/s1. The first kappa shape index (κ1) is 24.9. The van der Waals surface area contributed by atoms with Gasteiger partial charge in [-0.05, 0) is 32.1 Å². The van der Waals surface area contributed by atoms with Crippen molar-refractivity contribution in [1.29, 1.82) is 0 Å². The van der Waals surface area contributed by atoms with Crippen LogP contribution < -0.4 is 0 Å². The van der Waals surface area contributed by atoms with Crippen LogP contribution in [0, 0.1) is 0 Å². The Labute approximate surface area is 162 Å². The van der Waals surface area contributed by atoms with Gasteiger partial charge in [0, 0.05) is 12.8 Å². The van der Waals surface area contributed by atoms with Gasteiger partial charge in [0.25, 0.3) is 0 Å². The van der Waals surface area contributed by atoms with Gasteiger partial charge in [0.1, 0.15) is 12.4 Å². The molecule has 0 aromatic rings. The van der Waals surface area contributed by atoms with Crippen LogP contribution in [0.1, 0.15) is 117 Å². The maximum absolute atomic E-state index is 10.8. The Morgan fingerprint density at radius 2 is 1.50 bits per heavy atom. The number of allylic oxidation sites excluding steroid dienone is 2. The summed E-state index contributed by atoms with van der Waals surface area (Å²) in [6, 6.07) is 0. The molecule has 1 saturated heterocycles. The lowest BCUT2D eigenvalue weighted by molar-refractivity contribution is -0.141. The van der Waals surface area contributed by atoms with Crippen LogP contribution in [0.4, 0.5) is 0 Å². The van der Waals surface area contributed by atoms with E-state index in [1.807, 2.05) is 6.08 Å². The van der Waals surface area contributed by atoms with Crippen LogP contribution in [0.25, 0.3) is 0 Å². The predicted molar refractivity (Wildman–Crippen MR) is 110 cm³/mol. The summed E-state index contributed by atoms with van der Waals surface area (Å²) in [7, 11) is 0. The van der Waals surface area contributed by atoms with E-state index in [0.717, 1.165) is 25.5 Å².